The van der Waals surface area contributed by atoms with Gasteiger partial charge in [0.15, 0.2) is 0 Å². The lowest BCUT2D eigenvalue weighted by atomic mass is 9.98. The molecule has 0 radical (unpaired) electrons. The van der Waals surface area contributed by atoms with E-state index >= 15 is 0 Å². The van der Waals surface area contributed by atoms with Crippen molar-refractivity contribution in [2.45, 2.75) is 32.7 Å². The molecular weight excluding hydrogens is 226 g/mol. The summed E-state index contributed by atoms with van der Waals surface area (Å²) in [5.41, 5.74) is 0. The van der Waals surface area contributed by atoms with E-state index in [4.69, 9.17) is 5.11 Å². The summed E-state index contributed by atoms with van der Waals surface area (Å²) in [5.74, 6) is 0.746. The van der Waals surface area contributed by atoms with Gasteiger partial charge in [0.1, 0.15) is 6.04 Å². The van der Waals surface area contributed by atoms with Crippen molar-refractivity contribution in [1.29, 1.82) is 0 Å². The van der Waals surface area contributed by atoms with Gasteiger partial charge in [-0.25, -0.2) is 4.79 Å². The lowest BCUT2D eigenvalue weighted by Crippen LogP contribution is -2.47. The molecular formula is C11H19NO3S. The molecule has 0 saturated carbocycles. The minimum Gasteiger partial charge on any atom is -0.480 e. The molecule has 0 aromatic rings. The number of aliphatic carboxylic acids is 1. The Morgan fingerprint density at radius 2 is 2.25 bits per heavy atom. The summed E-state index contributed by atoms with van der Waals surface area (Å²) in [4.78, 5) is 22.8. The van der Waals surface area contributed by atoms with Crippen molar-refractivity contribution in [1.82, 2.24) is 5.32 Å². The van der Waals surface area contributed by atoms with Crippen LogP contribution in [-0.4, -0.2) is 34.5 Å². The quantitative estimate of drug-likeness (QED) is 0.767. The maximum Gasteiger partial charge on any atom is 0.326 e. The Bertz CT molecular complexity index is 264. The lowest BCUT2D eigenvalue weighted by Gasteiger charge is -2.21. The number of hydrogen-bond donors (Lipinski definition) is 2. The Morgan fingerprint density at radius 3 is 2.69 bits per heavy atom. The molecule has 1 rings (SSSR count). The van der Waals surface area contributed by atoms with E-state index in [-0.39, 0.29) is 17.7 Å². The second-order valence-electron chi connectivity index (χ2n) is 4.27. The number of thioether (sulfide) groups is 1. The van der Waals surface area contributed by atoms with E-state index in [1.807, 2.05) is 13.8 Å². The summed E-state index contributed by atoms with van der Waals surface area (Å²) < 4.78 is 0. The van der Waals surface area contributed by atoms with Crippen molar-refractivity contribution in [3.8, 4) is 0 Å². The molecule has 1 aliphatic heterocycles. The van der Waals surface area contributed by atoms with Crippen molar-refractivity contribution >= 4 is 23.6 Å². The molecule has 0 bridgehead atoms. The molecule has 1 fully saturated rings. The van der Waals surface area contributed by atoms with Crippen LogP contribution in [0.4, 0.5) is 0 Å². The van der Waals surface area contributed by atoms with Gasteiger partial charge in [-0.05, 0) is 18.1 Å². The molecule has 0 aromatic heterocycles. The number of amides is 1. The number of rotatable bonds is 5. The monoisotopic (exact) mass is 245 g/mol. The highest BCUT2D eigenvalue weighted by Crippen LogP contribution is 2.23. The molecule has 0 aliphatic carbocycles. The zero-order chi connectivity index (χ0) is 12.1. The molecule has 5 heteroatoms. The molecule has 92 valence electrons. The molecule has 0 aromatic carbocycles. The van der Waals surface area contributed by atoms with E-state index in [1.54, 1.807) is 11.8 Å². The van der Waals surface area contributed by atoms with Gasteiger partial charge in [0.2, 0.25) is 5.91 Å². The Balaban J connectivity index is 2.53. The van der Waals surface area contributed by atoms with Crippen molar-refractivity contribution in [3.05, 3.63) is 0 Å². The summed E-state index contributed by atoms with van der Waals surface area (Å²) >= 11 is 1.75. The van der Waals surface area contributed by atoms with Gasteiger partial charge in [0, 0.05) is 11.7 Å². The highest BCUT2D eigenvalue weighted by molar-refractivity contribution is 7.99. The van der Waals surface area contributed by atoms with Crippen LogP contribution in [0.5, 0.6) is 0 Å². The normalized spacial score (nSPS) is 23.8. The fourth-order valence-electron chi connectivity index (χ4n) is 1.70. The first-order valence-corrected chi connectivity index (χ1v) is 6.82. The third-order valence-corrected chi connectivity index (χ3v) is 4.24. The molecule has 0 spiro atoms. The van der Waals surface area contributed by atoms with E-state index in [0.717, 1.165) is 24.3 Å². The second-order valence-corrected chi connectivity index (χ2v) is 5.42. The van der Waals surface area contributed by atoms with Crippen LogP contribution in [0.1, 0.15) is 26.7 Å². The first kappa shape index (κ1) is 13.4. The van der Waals surface area contributed by atoms with Gasteiger partial charge in [-0.3, -0.25) is 4.79 Å². The highest BCUT2D eigenvalue weighted by atomic mass is 32.2. The van der Waals surface area contributed by atoms with Gasteiger partial charge >= 0.3 is 5.97 Å². The Kier molecular flexibility index (Phi) is 5.12. The van der Waals surface area contributed by atoms with E-state index in [0.29, 0.717) is 0 Å². The zero-order valence-electron chi connectivity index (χ0n) is 9.73. The largest absolute Gasteiger partial charge is 0.480 e. The fraction of sp³-hybridized carbons (Fsp3) is 0.818. The number of carboxylic acid groups (broad SMARTS) is 1. The fourth-order valence-corrected chi connectivity index (χ4v) is 2.92. The van der Waals surface area contributed by atoms with Crippen molar-refractivity contribution in [3.63, 3.8) is 0 Å². The van der Waals surface area contributed by atoms with Crippen LogP contribution in [0, 0.1) is 11.8 Å². The van der Waals surface area contributed by atoms with Crippen LogP contribution in [0.25, 0.3) is 0 Å². The Labute approximate surface area is 100 Å². The van der Waals surface area contributed by atoms with Crippen molar-refractivity contribution in [2.75, 3.05) is 11.5 Å². The minimum atomic E-state index is -0.937. The predicted molar refractivity (Wildman–Crippen MR) is 64.5 cm³/mol. The summed E-state index contributed by atoms with van der Waals surface area (Å²) in [7, 11) is 0. The highest BCUT2D eigenvalue weighted by Gasteiger charge is 2.30. The standard InChI is InChI=1S/C11H19NO3S/c1-3-7(2)9(11(14)15)12-10(13)8-4-5-16-6-8/h7-9H,3-6H2,1-2H3,(H,12,13)(H,14,15). The van der Waals surface area contributed by atoms with Crippen LogP contribution in [0.15, 0.2) is 0 Å². The van der Waals surface area contributed by atoms with Gasteiger partial charge < -0.3 is 10.4 Å². The Morgan fingerprint density at radius 1 is 1.56 bits per heavy atom. The number of carbonyl (C=O) groups excluding carboxylic acids is 1. The smallest absolute Gasteiger partial charge is 0.326 e. The molecule has 3 atom stereocenters. The maximum absolute atomic E-state index is 11.8. The Hall–Kier alpha value is -0.710. The predicted octanol–water partition coefficient (Wildman–Crippen LogP) is 1.35. The van der Waals surface area contributed by atoms with Crippen LogP contribution < -0.4 is 5.32 Å². The van der Waals surface area contributed by atoms with E-state index in [2.05, 4.69) is 5.32 Å². The third kappa shape index (κ3) is 3.40. The van der Waals surface area contributed by atoms with Gasteiger partial charge in [-0.1, -0.05) is 20.3 Å². The number of hydrogen-bond acceptors (Lipinski definition) is 3. The molecule has 16 heavy (non-hydrogen) atoms. The molecule has 3 unspecified atom stereocenters. The topological polar surface area (TPSA) is 66.4 Å². The molecule has 1 saturated heterocycles. The first-order valence-electron chi connectivity index (χ1n) is 5.67. The molecule has 1 heterocycles. The van der Waals surface area contributed by atoms with Gasteiger partial charge in [-0.15, -0.1) is 0 Å². The summed E-state index contributed by atoms with van der Waals surface area (Å²) in [5, 5.41) is 11.7. The lowest BCUT2D eigenvalue weighted by molar-refractivity contribution is -0.143. The van der Waals surface area contributed by atoms with Gasteiger partial charge in [-0.2, -0.15) is 11.8 Å². The average Bonchev–Trinajstić information content (AvgIpc) is 2.77. The first-order chi connectivity index (χ1) is 7.56. The third-order valence-electron chi connectivity index (χ3n) is 3.08. The van der Waals surface area contributed by atoms with Crippen molar-refractivity contribution < 1.29 is 14.7 Å². The summed E-state index contributed by atoms with van der Waals surface area (Å²) in [6.07, 6.45) is 1.61. The van der Waals surface area contributed by atoms with Gasteiger partial charge in [0.25, 0.3) is 0 Å². The number of nitrogens with one attached hydrogen (secondary N) is 1. The molecule has 1 amide bonds. The van der Waals surface area contributed by atoms with Crippen LogP contribution in [-0.2, 0) is 9.59 Å². The zero-order valence-corrected chi connectivity index (χ0v) is 10.5. The van der Waals surface area contributed by atoms with Crippen molar-refractivity contribution in [2.24, 2.45) is 11.8 Å². The number of carbonyl (C=O) groups is 2. The molecule has 2 N–H and O–H groups in total. The second kappa shape index (κ2) is 6.13. The van der Waals surface area contributed by atoms with E-state index in [1.165, 1.54) is 0 Å². The molecule has 4 nitrogen and oxygen atoms in total. The summed E-state index contributed by atoms with van der Waals surface area (Å²) in [6, 6.07) is -0.747. The molecule has 1 aliphatic rings. The van der Waals surface area contributed by atoms with Crippen LogP contribution >= 0.6 is 11.8 Å². The van der Waals surface area contributed by atoms with Crippen LogP contribution in [0.3, 0.4) is 0 Å². The van der Waals surface area contributed by atoms with E-state index in [9.17, 15) is 9.59 Å². The number of carboxylic acids is 1. The SMILES string of the molecule is CCC(C)C(NC(=O)C1CCSC1)C(=O)O. The van der Waals surface area contributed by atoms with Crippen LogP contribution in [0.2, 0.25) is 0 Å². The average molecular weight is 245 g/mol. The minimum absolute atomic E-state index is 0.00379. The maximum atomic E-state index is 11.8. The summed E-state index contributed by atoms with van der Waals surface area (Å²) in [6.45, 7) is 3.78. The van der Waals surface area contributed by atoms with E-state index < -0.39 is 12.0 Å². The van der Waals surface area contributed by atoms with Gasteiger partial charge in [0.05, 0.1) is 0 Å².